The first kappa shape index (κ1) is 9.76. The van der Waals surface area contributed by atoms with Crippen molar-refractivity contribution in [3.05, 3.63) is 36.3 Å². The van der Waals surface area contributed by atoms with Crippen molar-refractivity contribution in [2.45, 2.75) is 13.5 Å². The lowest BCUT2D eigenvalue weighted by molar-refractivity contribution is 0.0568. The Hall–Kier alpha value is -1.78. The Bertz CT molecular complexity index is 465. The quantitative estimate of drug-likeness (QED) is 0.761. The molecule has 2 rings (SSSR count). The second-order valence-electron chi connectivity index (χ2n) is 3.10. The zero-order chi connectivity index (χ0) is 10.8. The van der Waals surface area contributed by atoms with Crippen LogP contribution in [0.2, 0.25) is 0 Å². The number of alkyl halides is 2. The highest BCUT2D eigenvalue weighted by Crippen LogP contribution is 2.20. The summed E-state index contributed by atoms with van der Waals surface area (Å²) in [6.45, 7) is -0.785. The maximum Gasteiger partial charge on any atom is 0.333 e. The van der Waals surface area contributed by atoms with E-state index in [4.69, 9.17) is 0 Å². The van der Waals surface area contributed by atoms with Gasteiger partial charge in [0.1, 0.15) is 0 Å². The van der Waals surface area contributed by atoms with Gasteiger partial charge in [-0.25, -0.2) is 4.68 Å². The summed E-state index contributed by atoms with van der Waals surface area (Å²) < 4.78 is 25.2. The Morgan fingerprint density at radius 1 is 1.33 bits per heavy atom. The van der Waals surface area contributed by atoms with Gasteiger partial charge in [-0.15, -0.1) is 0 Å². The number of rotatable bonds is 2. The number of hydrogen-bond acceptors (Lipinski definition) is 2. The van der Waals surface area contributed by atoms with Gasteiger partial charge in [0.2, 0.25) is 0 Å². The van der Waals surface area contributed by atoms with Crippen molar-refractivity contribution in [1.82, 2.24) is 14.8 Å². The molecule has 78 valence electrons. The van der Waals surface area contributed by atoms with Crippen LogP contribution in [0, 0.1) is 6.92 Å². The fraction of sp³-hybridized carbons (Fsp3) is 0.200. The molecule has 0 aliphatic carbocycles. The topological polar surface area (TPSA) is 30.7 Å². The Kier molecular flexibility index (Phi) is 2.45. The van der Waals surface area contributed by atoms with Crippen molar-refractivity contribution < 1.29 is 8.78 Å². The maximum atomic E-state index is 12.3. The van der Waals surface area contributed by atoms with Gasteiger partial charge in [-0.05, 0) is 25.1 Å². The number of aryl methyl sites for hydroxylation is 1. The highest BCUT2D eigenvalue weighted by molar-refractivity contribution is 5.60. The summed E-state index contributed by atoms with van der Waals surface area (Å²) in [4.78, 5) is 4.07. The van der Waals surface area contributed by atoms with Gasteiger partial charge in [0, 0.05) is 23.7 Å². The molecule has 0 bridgehead atoms. The minimum atomic E-state index is -2.60. The molecule has 0 amide bonds. The lowest BCUT2D eigenvalue weighted by Gasteiger charge is -2.00. The molecule has 15 heavy (non-hydrogen) atoms. The first-order chi connectivity index (χ1) is 7.18. The molecule has 2 aromatic heterocycles. The monoisotopic (exact) mass is 209 g/mol. The third kappa shape index (κ3) is 1.86. The van der Waals surface area contributed by atoms with Gasteiger partial charge >= 0.3 is 6.55 Å². The van der Waals surface area contributed by atoms with E-state index in [1.807, 2.05) is 6.92 Å². The molecule has 0 atom stereocenters. The highest BCUT2D eigenvalue weighted by Gasteiger charge is 2.10. The molecule has 0 fully saturated rings. The number of hydrogen-bond donors (Lipinski definition) is 0. The lowest BCUT2D eigenvalue weighted by atomic mass is 10.1. The second-order valence-corrected chi connectivity index (χ2v) is 3.10. The Labute approximate surface area is 85.4 Å². The van der Waals surface area contributed by atoms with E-state index in [0.717, 1.165) is 11.3 Å². The maximum absolute atomic E-state index is 12.3. The summed E-state index contributed by atoms with van der Waals surface area (Å²) in [5, 5.41) is 3.77. The van der Waals surface area contributed by atoms with Crippen molar-refractivity contribution in [2.24, 2.45) is 0 Å². The van der Waals surface area contributed by atoms with Gasteiger partial charge in [-0.2, -0.15) is 13.9 Å². The Morgan fingerprint density at radius 3 is 2.73 bits per heavy atom. The smallest absolute Gasteiger partial charge is 0.261 e. The van der Waals surface area contributed by atoms with Crippen LogP contribution in [0.15, 0.2) is 30.6 Å². The van der Waals surface area contributed by atoms with Crippen molar-refractivity contribution in [3.63, 3.8) is 0 Å². The fourth-order valence-electron chi connectivity index (χ4n) is 1.35. The van der Waals surface area contributed by atoms with E-state index >= 15 is 0 Å². The van der Waals surface area contributed by atoms with Crippen LogP contribution < -0.4 is 0 Å². The number of aromatic nitrogens is 3. The summed E-state index contributed by atoms with van der Waals surface area (Å²) in [5.41, 5.74) is 2.06. The number of nitrogens with zero attached hydrogens (tertiary/aromatic N) is 3. The van der Waals surface area contributed by atoms with Crippen molar-refractivity contribution >= 4 is 0 Å². The number of halogens is 2. The third-order valence-electron chi connectivity index (χ3n) is 2.09. The standard InChI is InChI=1S/C10H9F2N3/c1-7-8(3-2-5-13-7)9-4-6-15(14-9)10(11)12/h2-6,10H,1H3. The van der Waals surface area contributed by atoms with Crippen LogP contribution in [0.5, 0.6) is 0 Å². The van der Waals surface area contributed by atoms with Gasteiger partial charge in [0.05, 0.1) is 5.69 Å². The van der Waals surface area contributed by atoms with E-state index in [1.54, 1.807) is 24.4 Å². The molecule has 0 aliphatic rings. The first-order valence-electron chi connectivity index (χ1n) is 4.44. The van der Waals surface area contributed by atoms with E-state index in [2.05, 4.69) is 10.1 Å². The average Bonchev–Trinajstić information content (AvgIpc) is 2.67. The third-order valence-corrected chi connectivity index (χ3v) is 2.09. The molecule has 0 N–H and O–H groups in total. The normalized spacial score (nSPS) is 10.9. The van der Waals surface area contributed by atoms with Crippen LogP contribution >= 0.6 is 0 Å². The van der Waals surface area contributed by atoms with Crippen LogP contribution in [0.25, 0.3) is 11.3 Å². The molecule has 0 unspecified atom stereocenters. The van der Waals surface area contributed by atoms with Crippen LogP contribution in [0.1, 0.15) is 12.2 Å². The average molecular weight is 209 g/mol. The molecule has 0 spiro atoms. The summed E-state index contributed by atoms with van der Waals surface area (Å²) in [7, 11) is 0. The molecule has 2 heterocycles. The molecule has 2 aromatic rings. The van der Waals surface area contributed by atoms with E-state index in [1.165, 1.54) is 6.20 Å². The van der Waals surface area contributed by atoms with Crippen molar-refractivity contribution in [3.8, 4) is 11.3 Å². The van der Waals surface area contributed by atoms with E-state index in [0.29, 0.717) is 10.4 Å². The fourth-order valence-corrected chi connectivity index (χ4v) is 1.35. The summed E-state index contributed by atoms with van der Waals surface area (Å²) in [6, 6.07) is 5.11. The predicted octanol–water partition coefficient (Wildman–Crippen LogP) is 2.65. The summed E-state index contributed by atoms with van der Waals surface area (Å²) in [6.07, 6.45) is 2.91. The van der Waals surface area contributed by atoms with Gasteiger partial charge in [-0.3, -0.25) is 4.98 Å². The predicted molar refractivity (Wildman–Crippen MR) is 51.4 cm³/mol. The van der Waals surface area contributed by atoms with Gasteiger partial charge in [0.25, 0.3) is 0 Å². The largest absolute Gasteiger partial charge is 0.333 e. The minimum absolute atomic E-state index is 0.515. The zero-order valence-electron chi connectivity index (χ0n) is 8.06. The van der Waals surface area contributed by atoms with Crippen LogP contribution in [0.3, 0.4) is 0 Å². The molecule has 0 saturated carbocycles. The van der Waals surface area contributed by atoms with E-state index in [-0.39, 0.29) is 0 Å². The zero-order valence-corrected chi connectivity index (χ0v) is 8.06. The molecule has 0 aromatic carbocycles. The Balaban J connectivity index is 2.42. The van der Waals surface area contributed by atoms with E-state index in [9.17, 15) is 8.78 Å². The van der Waals surface area contributed by atoms with Gasteiger partial charge < -0.3 is 0 Å². The SMILES string of the molecule is Cc1ncccc1-c1ccn(C(F)F)n1. The molecular formula is C10H9F2N3. The van der Waals surface area contributed by atoms with E-state index < -0.39 is 6.55 Å². The first-order valence-corrected chi connectivity index (χ1v) is 4.44. The summed E-state index contributed by atoms with van der Waals surface area (Å²) in [5.74, 6) is 0. The second kappa shape index (κ2) is 3.76. The minimum Gasteiger partial charge on any atom is -0.261 e. The van der Waals surface area contributed by atoms with Crippen LogP contribution in [-0.4, -0.2) is 14.8 Å². The molecule has 0 radical (unpaired) electrons. The molecule has 5 heteroatoms. The number of pyridine rings is 1. The van der Waals surface area contributed by atoms with Crippen molar-refractivity contribution in [2.75, 3.05) is 0 Å². The van der Waals surface area contributed by atoms with Crippen molar-refractivity contribution in [1.29, 1.82) is 0 Å². The lowest BCUT2D eigenvalue weighted by Crippen LogP contribution is -1.98. The van der Waals surface area contributed by atoms with Crippen LogP contribution in [-0.2, 0) is 0 Å². The van der Waals surface area contributed by atoms with Gasteiger partial charge in [0.15, 0.2) is 0 Å². The molecular weight excluding hydrogens is 200 g/mol. The molecule has 0 saturated heterocycles. The molecule has 0 aliphatic heterocycles. The van der Waals surface area contributed by atoms with Gasteiger partial charge in [-0.1, -0.05) is 0 Å². The summed E-state index contributed by atoms with van der Waals surface area (Å²) >= 11 is 0. The Morgan fingerprint density at radius 2 is 2.13 bits per heavy atom. The molecule has 3 nitrogen and oxygen atoms in total. The van der Waals surface area contributed by atoms with Crippen LogP contribution in [0.4, 0.5) is 8.78 Å². The highest BCUT2D eigenvalue weighted by atomic mass is 19.3.